The van der Waals surface area contributed by atoms with Crippen molar-refractivity contribution < 1.29 is 0 Å². The highest BCUT2D eigenvalue weighted by molar-refractivity contribution is 5.20. The predicted octanol–water partition coefficient (Wildman–Crippen LogP) is 3.59. The molecule has 0 amide bonds. The zero-order valence-corrected chi connectivity index (χ0v) is 10.4. The lowest BCUT2D eigenvalue weighted by molar-refractivity contribution is 0.464. The van der Waals surface area contributed by atoms with Crippen LogP contribution < -0.4 is 5.32 Å². The molecular weight excluding hydrogens is 194 g/mol. The normalized spacial score (nSPS) is 12.7. The molecule has 0 saturated heterocycles. The van der Waals surface area contributed by atoms with Gasteiger partial charge < -0.3 is 5.32 Å². The SMILES string of the molecule is C=CCCNCC(c1ccccc1)C(C)C. The molecule has 1 aromatic carbocycles. The van der Waals surface area contributed by atoms with E-state index >= 15 is 0 Å². The summed E-state index contributed by atoms with van der Waals surface area (Å²) in [7, 11) is 0. The van der Waals surface area contributed by atoms with Gasteiger partial charge in [-0.15, -0.1) is 6.58 Å². The minimum atomic E-state index is 0.603. The summed E-state index contributed by atoms with van der Waals surface area (Å²) in [6, 6.07) is 10.8. The van der Waals surface area contributed by atoms with E-state index in [4.69, 9.17) is 0 Å². The molecule has 0 saturated carbocycles. The molecule has 0 radical (unpaired) electrons. The highest BCUT2D eigenvalue weighted by Gasteiger charge is 2.14. The van der Waals surface area contributed by atoms with Crippen LogP contribution in [0.1, 0.15) is 31.7 Å². The molecule has 0 aliphatic heterocycles. The molecule has 1 atom stereocenters. The van der Waals surface area contributed by atoms with Crippen molar-refractivity contribution in [2.24, 2.45) is 5.92 Å². The van der Waals surface area contributed by atoms with Gasteiger partial charge in [0.1, 0.15) is 0 Å². The van der Waals surface area contributed by atoms with Crippen molar-refractivity contribution in [2.45, 2.75) is 26.2 Å². The predicted molar refractivity (Wildman–Crippen MR) is 71.7 cm³/mol. The lowest BCUT2D eigenvalue weighted by Gasteiger charge is -2.21. The Balaban J connectivity index is 2.52. The van der Waals surface area contributed by atoms with Crippen LogP contribution in [0.15, 0.2) is 43.0 Å². The van der Waals surface area contributed by atoms with Gasteiger partial charge in [-0.2, -0.15) is 0 Å². The largest absolute Gasteiger partial charge is 0.316 e. The van der Waals surface area contributed by atoms with Crippen molar-refractivity contribution in [3.05, 3.63) is 48.6 Å². The molecule has 1 nitrogen and oxygen atoms in total. The highest BCUT2D eigenvalue weighted by atomic mass is 14.9. The minimum absolute atomic E-state index is 0.603. The van der Waals surface area contributed by atoms with Gasteiger partial charge in [-0.1, -0.05) is 50.3 Å². The Kier molecular flexibility index (Phi) is 5.87. The summed E-state index contributed by atoms with van der Waals surface area (Å²) in [5.74, 6) is 1.27. The first kappa shape index (κ1) is 13.0. The third-order valence-electron chi connectivity index (χ3n) is 2.92. The smallest absolute Gasteiger partial charge is 0.00227 e. The average molecular weight is 217 g/mol. The minimum Gasteiger partial charge on any atom is -0.316 e. The van der Waals surface area contributed by atoms with Crippen molar-refractivity contribution in [3.63, 3.8) is 0 Å². The first-order chi connectivity index (χ1) is 7.75. The molecule has 88 valence electrons. The van der Waals surface area contributed by atoms with Crippen LogP contribution in [-0.2, 0) is 0 Å². The van der Waals surface area contributed by atoms with Crippen molar-refractivity contribution in [2.75, 3.05) is 13.1 Å². The first-order valence-corrected chi connectivity index (χ1v) is 6.12. The average Bonchev–Trinajstić information content (AvgIpc) is 2.30. The molecule has 1 heteroatoms. The number of nitrogens with one attached hydrogen (secondary N) is 1. The topological polar surface area (TPSA) is 12.0 Å². The van der Waals surface area contributed by atoms with Crippen LogP contribution in [0.2, 0.25) is 0 Å². The van der Waals surface area contributed by atoms with E-state index in [9.17, 15) is 0 Å². The lowest BCUT2D eigenvalue weighted by Crippen LogP contribution is -2.25. The summed E-state index contributed by atoms with van der Waals surface area (Å²) in [5.41, 5.74) is 1.43. The Morgan fingerprint density at radius 1 is 1.25 bits per heavy atom. The van der Waals surface area contributed by atoms with Crippen molar-refractivity contribution >= 4 is 0 Å². The van der Waals surface area contributed by atoms with Crippen LogP contribution in [0.3, 0.4) is 0 Å². The van der Waals surface area contributed by atoms with Gasteiger partial charge in [0, 0.05) is 6.54 Å². The molecule has 0 aliphatic carbocycles. The fourth-order valence-electron chi connectivity index (χ4n) is 1.90. The van der Waals surface area contributed by atoms with Gasteiger partial charge in [-0.25, -0.2) is 0 Å². The fraction of sp³-hybridized carbons (Fsp3) is 0.467. The Hall–Kier alpha value is -1.08. The maximum atomic E-state index is 3.73. The van der Waals surface area contributed by atoms with Crippen LogP contribution in [0.25, 0.3) is 0 Å². The third kappa shape index (κ3) is 4.19. The molecule has 0 aliphatic rings. The summed E-state index contributed by atoms with van der Waals surface area (Å²) in [5, 5.41) is 3.49. The molecule has 1 rings (SSSR count). The van der Waals surface area contributed by atoms with Crippen molar-refractivity contribution in [1.29, 1.82) is 0 Å². The summed E-state index contributed by atoms with van der Waals surface area (Å²) in [6.45, 7) is 10.4. The third-order valence-corrected chi connectivity index (χ3v) is 2.92. The van der Waals surface area contributed by atoms with Gasteiger partial charge >= 0.3 is 0 Å². The second-order valence-electron chi connectivity index (χ2n) is 4.54. The van der Waals surface area contributed by atoms with E-state index in [1.54, 1.807) is 0 Å². The zero-order chi connectivity index (χ0) is 11.8. The molecule has 1 aromatic rings. The van der Waals surface area contributed by atoms with E-state index < -0.39 is 0 Å². The monoisotopic (exact) mass is 217 g/mol. The van der Waals surface area contributed by atoms with Gasteiger partial charge in [0.15, 0.2) is 0 Å². The van der Waals surface area contributed by atoms with E-state index in [0.29, 0.717) is 11.8 Å². The lowest BCUT2D eigenvalue weighted by atomic mass is 9.88. The second kappa shape index (κ2) is 7.24. The van der Waals surface area contributed by atoms with Crippen LogP contribution >= 0.6 is 0 Å². The Morgan fingerprint density at radius 2 is 1.94 bits per heavy atom. The molecule has 0 spiro atoms. The van der Waals surface area contributed by atoms with Gasteiger partial charge in [0.2, 0.25) is 0 Å². The van der Waals surface area contributed by atoms with E-state index in [1.807, 2.05) is 6.08 Å². The van der Waals surface area contributed by atoms with Gasteiger partial charge in [0.05, 0.1) is 0 Å². The summed E-state index contributed by atoms with van der Waals surface area (Å²) in [6.07, 6.45) is 3.00. The summed E-state index contributed by atoms with van der Waals surface area (Å²) < 4.78 is 0. The molecule has 0 fully saturated rings. The zero-order valence-electron chi connectivity index (χ0n) is 10.4. The first-order valence-electron chi connectivity index (χ1n) is 6.12. The van der Waals surface area contributed by atoms with Crippen molar-refractivity contribution in [3.8, 4) is 0 Å². The van der Waals surface area contributed by atoms with Crippen LogP contribution in [0.4, 0.5) is 0 Å². The van der Waals surface area contributed by atoms with Gasteiger partial charge in [0.25, 0.3) is 0 Å². The van der Waals surface area contributed by atoms with E-state index in [0.717, 1.165) is 19.5 Å². The number of hydrogen-bond donors (Lipinski definition) is 1. The Bertz CT molecular complexity index is 290. The molecule has 0 heterocycles. The summed E-state index contributed by atoms with van der Waals surface area (Å²) in [4.78, 5) is 0. The maximum Gasteiger partial charge on any atom is 0.00227 e. The quantitative estimate of drug-likeness (QED) is 0.543. The maximum absolute atomic E-state index is 3.73. The van der Waals surface area contributed by atoms with E-state index in [-0.39, 0.29) is 0 Å². The van der Waals surface area contributed by atoms with E-state index in [2.05, 4.69) is 56.1 Å². The van der Waals surface area contributed by atoms with E-state index in [1.165, 1.54) is 5.56 Å². The second-order valence-corrected chi connectivity index (χ2v) is 4.54. The Morgan fingerprint density at radius 3 is 2.50 bits per heavy atom. The standard InChI is InChI=1S/C15H23N/c1-4-5-11-16-12-15(13(2)3)14-9-7-6-8-10-14/h4,6-10,13,15-16H,1,5,11-12H2,2-3H3. The molecular formula is C15H23N. The van der Waals surface area contributed by atoms with Gasteiger partial charge in [-0.3, -0.25) is 0 Å². The molecule has 0 bridgehead atoms. The number of benzene rings is 1. The molecule has 0 aromatic heterocycles. The molecule has 1 N–H and O–H groups in total. The summed E-state index contributed by atoms with van der Waals surface area (Å²) >= 11 is 0. The molecule has 16 heavy (non-hydrogen) atoms. The van der Waals surface area contributed by atoms with Crippen LogP contribution in [-0.4, -0.2) is 13.1 Å². The van der Waals surface area contributed by atoms with Crippen molar-refractivity contribution in [1.82, 2.24) is 5.32 Å². The van der Waals surface area contributed by atoms with Gasteiger partial charge in [-0.05, 0) is 30.4 Å². The highest BCUT2D eigenvalue weighted by Crippen LogP contribution is 2.23. The van der Waals surface area contributed by atoms with Crippen LogP contribution in [0, 0.1) is 5.92 Å². The number of rotatable bonds is 7. The number of hydrogen-bond acceptors (Lipinski definition) is 1. The molecule has 1 unspecified atom stereocenters. The Labute approximate surface area is 99.6 Å². The fourth-order valence-corrected chi connectivity index (χ4v) is 1.90. The van der Waals surface area contributed by atoms with Crippen LogP contribution in [0.5, 0.6) is 0 Å².